The van der Waals surface area contributed by atoms with Crippen molar-refractivity contribution in [1.29, 1.82) is 0 Å². The Hall–Kier alpha value is -2.50. The van der Waals surface area contributed by atoms with Crippen LogP contribution in [0.1, 0.15) is 29.7 Å². The maximum Gasteiger partial charge on any atom is 0.417 e. The lowest BCUT2D eigenvalue weighted by Gasteiger charge is -2.37. The summed E-state index contributed by atoms with van der Waals surface area (Å²) in [4.78, 5) is 37.4. The fourth-order valence-electron chi connectivity index (χ4n) is 5.72. The van der Waals surface area contributed by atoms with Crippen molar-refractivity contribution in [2.45, 2.75) is 38.0 Å². The number of hydrogen-bond acceptors (Lipinski definition) is 6. The predicted molar refractivity (Wildman–Crippen MR) is 115 cm³/mol. The van der Waals surface area contributed by atoms with Crippen molar-refractivity contribution in [3.63, 3.8) is 0 Å². The maximum atomic E-state index is 13.9. The van der Waals surface area contributed by atoms with Crippen LogP contribution in [0.3, 0.4) is 0 Å². The molecule has 2 N–H and O–H groups in total. The third-order valence-corrected chi connectivity index (χ3v) is 8.15. The number of nitrogens with zero attached hydrogens (tertiary/aromatic N) is 4. The molecule has 8 nitrogen and oxygen atoms in total. The van der Waals surface area contributed by atoms with Crippen molar-refractivity contribution in [3.05, 3.63) is 29.1 Å². The van der Waals surface area contributed by atoms with E-state index in [1.54, 1.807) is 16.7 Å². The van der Waals surface area contributed by atoms with Gasteiger partial charge in [0, 0.05) is 56.3 Å². The van der Waals surface area contributed by atoms with Gasteiger partial charge in [0.2, 0.25) is 5.91 Å². The molecule has 178 valence electrons. The van der Waals surface area contributed by atoms with Gasteiger partial charge < -0.3 is 20.2 Å². The molecule has 5 rings (SSSR count). The van der Waals surface area contributed by atoms with E-state index in [9.17, 15) is 27.9 Å². The van der Waals surface area contributed by atoms with Gasteiger partial charge in [-0.05, 0) is 30.4 Å². The van der Waals surface area contributed by atoms with Crippen LogP contribution in [0.15, 0.2) is 17.3 Å². The lowest BCUT2D eigenvalue weighted by molar-refractivity contribution is -0.143. The summed E-state index contributed by atoms with van der Waals surface area (Å²) >= 11 is 1.66. The summed E-state index contributed by atoms with van der Waals surface area (Å²) in [6.45, 7) is 2.27. The number of thioether (sulfide) groups is 1. The van der Waals surface area contributed by atoms with Gasteiger partial charge in [-0.15, -0.1) is 0 Å². The highest BCUT2D eigenvalue weighted by Gasteiger charge is 2.59. The van der Waals surface area contributed by atoms with E-state index in [-0.39, 0.29) is 24.4 Å². The van der Waals surface area contributed by atoms with Crippen LogP contribution in [0.25, 0.3) is 0 Å². The number of alkyl halides is 3. The minimum atomic E-state index is -4.50. The minimum absolute atomic E-state index is 0.0493. The number of carboxylic acid groups (broad SMARTS) is 1. The number of pyridine rings is 1. The topological polar surface area (TPSA) is 98.1 Å². The largest absolute Gasteiger partial charge is 0.465 e. The maximum absolute atomic E-state index is 13.9. The van der Waals surface area contributed by atoms with Crippen molar-refractivity contribution < 1.29 is 27.9 Å². The van der Waals surface area contributed by atoms with Gasteiger partial charge in [0.05, 0.1) is 17.5 Å². The van der Waals surface area contributed by atoms with E-state index in [1.807, 2.05) is 0 Å². The lowest BCUT2D eigenvalue weighted by atomic mass is 9.78. The zero-order valence-electron chi connectivity index (χ0n) is 17.8. The molecule has 3 aliphatic heterocycles. The number of amidine groups is 1. The Morgan fingerprint density at radius 3 is 2.85 bits per heavy atom. The van der Waals surface area contributed by atoms with Gasteiger partial charge in [0.1, 0.15) is 0 Å². The van der Waals surface area contributed by atoms with E-state index in [4.69, 9.17) is 0 Å². The SMILES string of the molecule is O=C(O)N[C@@H]1C[C@H]2CN(C3=NCCS3)C[C@@]2(C(=O)N2CCc3ncc(C(F)(F)F)cc3C2)C1. The number of aliphatic imine (C=N–C) groups is 1. The van der Waals surface area contributed by atoms with Crippen molar-refractivity contribution in [2.24, 2.45) is 16.3 Å². The van der Waals surface area contributed by atoms with E-state index in [1.165, 1.54) is 0 Å². The fraction of sp³-hybridized carbons (Fsp3) is 0.619. The average molecular weight is 484 g/mol. The van der Waals surface area contributed by atoms with Gasteiger partial charge in [0.15, 0.2) is 5.17 Å². The Balaban J connectivity index is 1.40. The molecule has 0 radical (unpaired) electrons. The van der Waals surface area contributed by atoms with E-state index >= 15 is 0 Å². The predicted octanol–water partition coefficient (Wildman–Crippen LogP) is 2.44. The lowest BCUT2D eigenvalue weighted by Crippen LogP contribution is -2.49. The van der Waals surface area contributed by atoms with Gasteiger partial charge in [-0.2, -0.15) is 13.2 Å². The summed E-state index contributed by atoms with van der Waals surface area (Å²) in [5.74, 6) is 0.737. The molecule has 0 bridgehead atoms. The number of fused-ring (bicyclic) bond motifs is 2. The van der Waals surface area contributed by atoms with Crippen LogP contribution >= 0.6 is 11.8 Å². The number of halogens is 3. The number of likely N-dealkylation sites (tertiary alicyclic amines) is 1. The quantitative estimate of drug-likeness (QED) is 0.671. The Kier molecular flexibility index (Phi) is 5.45. The zero-order chi connectivity index (χ0) is 23.4. The highest BCUT2D eigenvalue weighted by molar-refractivity contribution is 8.14. The number of aromatic nitrogens is 1. The van der Waals surface area contributed by atoms with Crippen molar-refractivity contribution in [3.8, 4) is 0 Å². The average Bonchev–Trinajstić information content (AvgIpc) is 3.46. The molecule has 0 aromatic carbocycles. The standard InChI is InChI=1S/C21H24F3N5O3S/c22-21(23,24)13-5-12-9-28(3-1-16(12)26-8-13)17(30)20-7-15(27-19(31)32)6-14(20)10-29(11-20)18-25-2-4-33-18/h5,8,14-15,27H,1-4,6-7,9-11H2,(H,31,32)/t14-,15+,20-/m0/s1. The second kappa shape index (κ2) is 8.07. The molecule has 33 heavy (non-hydrogen) atoms. The molecule has 1 aliphatic carbocycles. The molecule has 1 aromatic heterocycles. The molecule has 2 amide bonds. The Labute approximate surface area is 192 Å². The van der Waals surface area contributed by atoms with Crippen LogP contribution in [0.4, 0.5) is 18.0 Å². The van der Waals surface area contributed by atoms with Crippen LogP contribution in [-0.4, -0.2) is 75.0 Å². The van der Waals surface area contributed by atoms with Gasteiger partial charge >= 0.3 is 12.3 Å². The molecule has 2 fully saturated rings. The van der Waals surface area contributed by atoms with Crippen LogP contribution in [-0.2, 0) is 23.9 Å². The first-order chi connectivity index (χ1) is 15.7. The minimum Gasteiger partial charge on any atom is -0.465 e. The Bertz CT molecular complexity index is 1020. The molecule has 1 saturated carbocycles. The van der Waals surface area contributed by atoms with E-state index in [2.05, 4.69) is 20.2 Å². The summed E-state index contributed by atoms with van der Waals surface area (Å²) in [5, 5.41) is 12.6. The van der Waals surface area contributed by atoms with E-state index in [0.717, 1.165) is 29.7 Å². The molecule has 1 aromatic rings. The number of hydrogen-bond donors (Lipinski definition) is 2. The monoisotopic (exact) mass is 483 g/mol. The molecule has 12 heteroatoms. The second-order valence-corrected chi connectivity index (χ2v) is 10.2. The first kappa shape index (κ1) is 22.3. The summed E-state index contributed by atoms with van der Waals surface area (Å²) in [6, 6.07) is 0.762. The van der Waals surface area contributed by atoms with E-state index < -0.39 is 23.2 Å². The third-order valence-electron chi connectivity index (χ3n) is 7.12. The molecule has 3 atom stereocenters. The Morgan fingerprint density at radius 2 is 2.15 bits per heavy atom. The number of amides is 2. The van der Waals surface area contributed by atoms with Crippen LogP contribution in [0.5, 0.6) is 0 Å². The normalized spacial score (nSPS) is 29.0. The third kappa shape index (κ3) is 4.02. The number of carbonyl (C=O) groups excluding carboxylic acids is 1. The fourth-order valence-corrected chi connectivity index (χ4v) is 6.59. The van der Waals surface area contributed by atoms with Crippen molar-refractivity contribution in [2.75, 3.05) is 31.9 Å². The first-order valence-electron chi connectivity index (χ1n) is 10.9. The summed E-state index contributed by atoms with van der Waals surface area (Å²) < 4.78 is 39.5. The summed E-state index contributed by atoms with van der Waals surface area (Å²) in [7, 11) is 0. The van der Waals surface area contributed by atoms with Gasteiger partial charge in [-0.1, -0.05) is 11.8 Å². The molecular weight excluding hydrogens is 459 g/mol. The molecule has 4 heterocycles. The molecule has 0 spiro atoms. The molecule has 4 aliphatic rings. The molecular formula is C21H24F3N5O3S. The van der Waals surface area contributed by atoms with Crippen molar-refractivity contribution in [1.82, 2.24) is 20.1 Å². The summed E-state index contributed by atoms with van der Waals surface area (Å²) in [6.07, 6.45) is -3.45. The van der Waals surface area contributed by atoms with Crippen LogP contribution < -0.4 is 5.32 Å². The Morgan fingerprint density at radius 1 is 1.33 bits per heavy atom. The molecule has 0 unspecified atom stereocenters. The van der Waals surface area contributed by atoms with Crippen molar-refractivity contribution >= 4 is 28.9 Å². The summed E-state index contributed by atoms with van der Waals surface area (Å²) in [5.41, 5.74) is -0.601. The second-order valence-electron chi connectivity index (χ2n) is 9.14. The number of rotatable bonds is 2. The van der Waals surface area contributed by atoms with Crippen LogP contribution in [0.2, 0.25) is 0 Å². The van der Waals surface area contributed by atoms with E-state index in [0.29, 0.717) is 50.2 Å². The van der Waals surface area contributed by atoms with Gasteiger partial charge in [-0.3, -0.25) is 14.8 Å². The smallest absolute Gasteiger partial charge is 0.417 e. The van der Waals surface area contributed by atoms with Crippen LogP contribution in [0, 0.1) is 11.3 Å². The number of carbonyl (C=O) groups is 2. The zero-order valence-corrected chi connectivity index (χ0v) is 18.6. The highest BCUT2D eigenvalue weighted by Crippen LogP contribution is 2.51. The highest BCUT2D eigenvalue weighted by atomic mass is 32.2. The van der Waals surface area contributed by atoms with Gasteiger partial charge in [-0.25, -0.2) is 4.79 Å². The van der Waals surface area contributed by atoms with Gasteiger partial charge in [0.25, 0.3) is 0 Å². The molecule has 1 saturated heterocycles. The number of nitrogens with one attached hydrogen (secondary N) is 1. The first-order valence-corrected chi connectivity index (χ1v) is 11.9.